The van der Waals surface area contributed by atoms with E-state index in [4.69, 9.17) is 11.6 Å². The normalized spacial score (nSPS) is 17.0. The van der Waals surface area contributed by atoms with Gasteiger partial charge in [0.25, 0.3) is 0 Å². The molecule has 1 heterocycles. The molecule has 2 aromatic rings. The standard InChI is InChI=1S/C17H21ClN2OS/c1-11(17(21)20-14-4-2-3-5-14)19-9-12-10-22-16-7-6-13(18)8-15(12)16/h6-8,10-11,14,19H,2-5,9H2,1H3,(H,20,21). The van der Waals surface area contributed by atoms with Crippen LogP contribution in [0.3, 0.4) is 0 Å². The lowest BCUT2D eigenvalue weighted by Gasteiger charge is -2.17. The summed E-state index contributed by atoms with van der Waals surface area (Å²) in [4.78, 5) is 12.2. The van der Waals surface area contributed by atoms with Crippen molar-refractivity contribution in [1.29, 1.82) is 0 Å². The summed E-state index contributed by atoms with van der Waals surface area (Å²) in [5.41, 5.74) is 1.20. The molecule has 118 valence electrons. The van der Waals surface area contributed by atoms with E-state index in [0.29, 0.717) is 12.6 Å². The number of carbonyl (C=O) groups excluding carboxylic acids is 1. The maximum Gasteiger partial charge on any atom is 0.237 e. The summed E-state index contributed by atoms with van der Waals surface area (Å²) in [6.07, 6.45) is 4.70. The van der Waals surface area contributed by atoms with Gasteiger partial charge in [0.05, 0.1) is 6.04 Å². The highest BCUT2D eigenvalue weighted by atomic mass is 35.5. The van der Waals surface area contributed by atoms with E-state index in [1.54, 1.807) is 11.3 Å². The second kappa shape index (κ2) is 6.99. The molecule has 0 saturated heterocycles. The summed E-state index contributed by atoms with van der Waals surface area (Å²) >= 11 is 7.79. The van der Waals surface area contributed by atoms with Crippen molar-refractivity contribution in [3.05, 3.63) is 34.2 Å². The Kier molecular flexibility index (Phi) is 5.01. The van der Waals surface area contributed by atoms with Crippen LogP contribution < -0.4 is 10.6 Å². The van der Waals surface area contributed by atoms with Crippen molar-refractivity contribution < 1.29 is 4.79 Å². The number of carbonyl (C=O) groups is 1. The number of fused-ring (bicyclic) bond motifs is 1. The van der Waals surface area contributed by atoms with Gasteiger partial charge >= 0.3 is 0 Å². The van der Waals surface area contributed by atoms with Crippen molar-refractivity contribution in [1.82, 2.24) is 10.6 Å². The monoisotopic (exact) mass is 336 g/mol. The first-order valence-corrected chi connectivity index (χ1v) is 9.08. The van der Waals surface area contributed by atoms with E-state index < -0.39 is 0 Å². The van der Waals surface area contributed by atoms with E-state index in [1.165, 1.54) is 28.5 Å². The van der Waals surface area contributed by atoms with E-state index in [-0.39, 0.29) is 11.9 Å². The minimum atomic E-state index is -0.185. The molecule has 1 aromatic heterocycles. The molecule has 1 aromatic carbocycles. The molecule has 1 saturated carbocycles. The molecule has 22 heavy (non-hydrogen) atoms. The summed E-state index contributed by atoms with van der Waals surface area (Å²) in [6.45, 7) is 2.60. The molecule has 2 N–H and O–H groups in total. The number of nitrogens with one attached hydrogen (secondary N) is 2. The van der Waals surface area contributed by atoms with Gasteiger partial charge in [0.15, 0.2) is 0 Å². The highest BCUT2D eigenvalue weighted by Gasteiger charge is 2.20. The molecular weight excluding hydrogens is 316 g/mol. The third-order valence-electron chi connectivity index (χ3n) is 4.31. The largest absolute Gasteiger partial charge is 0.352 e. The summed E-state index contributed by atoms with van der Waals surface area (Å²) < 4.78 is 1.23. The molecule has 5 heteroatoms. The number of halogens is 1. The second-order valence-corrected chi connectivity index (χ2v) is 7.34. The minimum absolute atomic E-state index is 0.101. The molecule has 1 aliphatic carbocycles. The van der Waals surface area contributed by atoms with Crippen molar-refractivity contribution in [2.45, 2.75) is 51.2 Å². The predicted octanol–water partition coefficient (Wildman–Crippen LogP) is 4.09. The molecule has 1 fully saturated rings. The van der Waals surface area contributed by atoms with Crippen LogP contribution in [-0.4, -0.2) is 18.0 Å². The topological polar surface area (TPSA) is 41.1 Å². The first-order chi connectivity index (χ1) is 10.6. The fraction of sp³-hybridized carbons (Fsp3) is 0.471. The zero-order valence-corrected chi connectivity index (χ0v) is 14.3. The van der Waals surface area contributed by atoms with Crippen LogP contribution in [0.25, 0.3) is 10.1 Å². The second-order valence-electron chi connectivity index (χ2n) is 5.99. The molecule has 0 spiro atoms. The van der Waals surface area contributed by atoms with E-state index in [1.807, 2.05) is 25.1 Å². The Balaban J connectivity index is 1.58. The van der Waals surface area contributed by atoms with Crippen molar-refractivity contribution in [2.75, 3.05) is 0 Å². The maximum absolute atomic E-state index is 12.2. The van der Waals surface area contributed by atoms with E-state index >= 15 is 0 Å². The number of rotatable bonds is 5. The Morgan fingerprint density at radius 2 is 2.18 bits per heavy atom. The average Bonchev–Trinajstić information content (AvgIpc) is 3.14. The van der Waals surface area contributed by atoms with E-state index in [0.717, 1.165) is 17.9 Å². The SMILES string of the molecule is CC(NCc1csc2ccc(Cl)cc12)C(=O)NC1CCCC1. The predicted molar refractivity (Wildman–Crippen MR) is 93.5 cm³/mol. The molecule has 0 bridgehead atoms. The third kappa shape index (κ3) is 3.62. The number of hydrogen-bond acceptors (Lipinski definition) is 3. The third-order valence-corrected chi connectivity index (χ3v) is 5.56. The maximum atomic E-state index is 12.2. The van der Waals surface area contributed by atoms with Crippen LogP contribution in [0.5, 0.6) is 0 Å². The average molecular weight is 337 g/mol. The highest BCUT2D eigenvalue weighted by Crippen LogP contribution is 2.28. The van der Waals surface area contributed by atoms with Crippen molar-refractivity contribution in [3.8, 4) is 0 Å². The lowest BCUT2D eigenvalue weighted by Crippen LogP contribution is -2.45. The van der Waals surface area contributed by atoms with Crippen molar-refractivity contribution >= 4 is 38.9 Å². The number of thiophene rings is 1. The van der Waals surface area contributed by atoms with Crippen LogP contribution in [0.15, 0.2) is 23.6 Å². The molecule has 0 radical (unpaired) electrons. The first-order valence-electron chi connectivity index (χ1n) is 7.83. The fourth-order valence-corrected chi connectivity index (χ4v) is 4.06. The van der Waals surface area contributed by atoms with Crippen LogP contribution in [-0.2, 0) is 11.3 Å². The lowest BCUT2D eigenvalue weighted by molar-refractivity contribution is -0.123. The molecule has 1 unspecified atom stereocenters. The molecule has 1 atom stereocenters. The van der Waals surface area contributed by atoms with Gasteiger partial charge in [-0.25, -0.2) is 0 Å². The lowest BCUT2D eigenvalue weighted by atomic mass is 10.1. The van der Waals surface area contributed by atoms with Crippen LogP contribution in [0, 0.1) is 0 Å². The Morgan fingerprint density at radius 3 is 2.95 bits per heavy atom. The van der Waals surface area contributed by atoms with Gasteiger partial charge in [-0.15, -0.1) is 11.3 Å². The van der Waals surface area contributed by atoms with Gasteiger partial charge in [-0.1, -0.05) is 24.4 Å². The summed E-state index contributed by atoms with van der Waals surface area (Å²) in [5, 5.41) is 10.5. The summed E-state index contributed by atoms with van der Waals surface area (Å²) in [5.74, 6) is 0.101. The molecule has 1 amide bonds. The smallest absolute Gasteiger partial charge is 0.237 e. The number of benzene rings is 1. The Labute approximate surface area is 140 Å². The Hall–Kier alpha value is -1.10. The van der Waals surface area contributed by atoms with Gasteiger partial charge in [-0.05, 0) is 54.3 Å². The molecule has 1 aliphatic rings. The van der Waals surface area contributed by atoms with Crippen LogP contribution in [0.1, 0.15) is 38.2 Å². The van der Waals surface area contributed by atoms with Crippen LogP contribution >= 0.6 is 22.9 Å². The first kappa shape index (κ1) is 15.8. The summed E-state index contributed by atoms with van der Waals surface area (Å²) in [7, 11) is 0. The Morgan fingerprint density at radius 1 is 1.41 bits per heavy atom. The zero-order chi connectivity index (χ0) is 15.5. The van der Waals surface area contributed by atoms with Gasteiger partial charge in [0, 0.05) is 22.3 Å². The van der Waals surface area contributed by atoms with Crippen LogP contribution in [0.2, 0.25) is 5.02 Å². The van der Waals surface area contributed by atoms with Gasteiger partial charge < -0.3 is 10.6 Å². The fourth-order valence-electron chi connectivity index (χ4n) is 2.94. The minimum Gasteiger partial charge on any atom is -0.352 e. The van der Waals surface area contributed by atoms with E-state index in [2.05, 4.69) is 16.0 Å². The number of amides is 1. The van der Waals surface area contributed by atoms with Gasteiger partial charge in [-0.2, -0.15) is 0 Å². The highest BCUT2D eigenvalue weighted by molar-refractivity contribution is 7.17. The zero-order valence-electron chi connectivity index (χ0n) is 12.7. The summed E-state index contributed by atoms with van der Waals surface area (Å²) in [6, 6.07) is 6.14. The van der Waals surface area contributed by atoms with Crippen molar-refractivity contribution in [3.63, 3.8) is 0 Å². The number of hydrogen-bond donors (Lipinski definition) is 2. The van der Waals surface area contributed by atoms with E-state index in [9.17, 15) is 4.79 Å². The van der Waals surface area contributed by atoms with Gasteiger partial charge in [-0.3, -0.25) is 4.79 Å². The van der Waals surface area contributed by atoms with Crippen LogP contribution in [0.4, 0.5) is 0 Å². The quantitative estimate of drug-likeness (QED) is 0.863. The van der Waals surface area contributed by atoms with Gasteiger partial charge in [0.1, 0.15) is 0 Å². The van der Waals surface area contributed by atoms with Crippen molar-refractivity contribution in [2.24, 2.45) is 0 Å². The Bertz CT molecular complexity index is 664. The molecular formula is C17H21ClN2OS. The van der Waals surface area contributed by atoms with Gasteiger partial charge in [0.2, 0.25) is 5.91 Å². The molecule has 3 nitrogen and oxygen atoms in total. The molecule has 3 rings (SSSR count). The molecule has 0 aliphatic heterocycles.